The fraction of sp³-hybridized carbons (Fsp3) is 0.529. The van der Waals surface area contributed by atoms with Crippen LogP contribution >= 0.6 is 0 Å². The maximum atomic E-state index is 12.1. The van der Waals surface area contributed by atoms with Crippen molar-refractivity contribution in [1.29, 1.82) is 0 Å². The van der Waals surface area contributed by atoms with Crippen molar-refractivity contribution in [2.24, 2.45) is 5.92 Å². The van der Waals surface area contributed by atoms with Crippen LogP contribution in [0.25, 0.3) is 0 Å². The number of rotatable bonds is 10. The minimum atomic E-state index is -0.889. The molecule has 0 heterocycles. The lowest BCUT2D eigenvalue weighted by Crippen LogP contribution is -2.41. The van der Waals surface area contributed by atoms with Crippen LogP contribution in [-0.2, 0) is 4.79 Å². The van der Waals surface area contributed by atoms with Crippen LogP contribution in [-0.4, -0.2) is 36.1 Å². The highest BCUT2D eigenvalue weighted by Crippen LogP contribution is 2.13. The summed E-state index contributed by atoms with van der Waals surface area (Å²) in [6.45, 7) is 6.71. The molecule has 0 aliphatic rings. The number of ether oxygens (including phenoxy) is 1. The maximum Gasteiger partial charge on any atom is 0.320 e. The third-order valence-electron chi connectivity index (χ3n) is 3.30. The molecule has 0 aliphatic heterocycles. The normalized spacial score (nSPS) is 12.2. The first-order chi connectivity index (χ1) is 10.5. The number of hydrogen-bond acceptors (Lipinski definition) is 4. The molecular weight excluding hydrogens is 282 g/mol. The molecule has 1 atom stereocenters. The fourth-order valence-electron chi connectivity index (χ4n) is 2.05. The van der Waals surface area contributed by atoms with E-state index in [-0.39, 0.29) is 18.1 Å². The number of carbonyl (C=O) groups excluding carboxylic acids is 1. The number of carbonyl (C=O) groups is 2. The van der Waals surface area contributed by atoms with Gasteiger partial charge in [-0.05, 0) is 36.6 Å². The second-order valence-electron chi connectivity index (χ2n) is 5.56. The Kier molecular flexibility index (Phi) is 7.60. The van der Waals surface area contributed by atoms with Crippen LogP contribution in [0.15, 0.2) is 24.3 Å². The van der Waals surface area contributed by atoms with Gasteiger partial charge >= 0.3 is 5.97 Å². The highest BCUT2D eigenvalue weighted by Gasteiger charge is 2.20. The molecule has 1 rings (SSSR count). The zero-order chi connectivity index (χ0) is 16.5. The van der Waals surface area contributed by atoms with Gasteiger partial charge in [-0.3, -0.25) is 9.59 Å². The molecule has 5 nitrogen and oxygen atoms in total. The molecular formula is C17H25NO4. The van der Waals surface area contributed by atoms with E-state index in [1.807, 2.05) is 20.8 Å². The number of ketones is 1. The van der Waals surface area contributed by atoms with Gasteiger partial charge in [-0.15, -0.1) is 0 Å². The summed E-state index contributed by atoms with van der Waals surface area (Å²) in [6, 6.07) is 6.42. The smallest absolute Gasteiger partial charge is 0.320 e. The Morgan fingerprint density at radius 3 is 2.36 bits per heavy atom. The summed E-state index contributed by atoms with van der Waals surface area (Å²) in [6.07, 6.45) is 1.21. The van der Waals surface area contributed by atoms with Gasteiger partial charge in [0.1, 0.15) is 11.8 Å². The molecule has 0 spiro atoms. The second kappa shape index (κ2) is 9.20. The number of Topliss-reactive ketones (excluding diaryl/α,β-unsaturated/α-hetero) is 1. The largest absolute Gasteiger partial charge is 0.494 e. The molecule has 0 bridgehead atoms. The van der Waals surface area contributed by atoms with Gasteiger partial charge in [-0.1, -0.05) is 20.8 Å². The summed E-state index contributed by atoms with van der Waals surface area (Å²) in [5, 5.41) is 12.0. The number of carboxylic acids is 1. The van der Waals surface area contributed by atoms with E-state index in [1.165, 1.54) is 0 Å². The zero-order valence-corrected chi connectivity index (χ0v) is 13.5. The Bertz CT molecular complexity index is 482. The third kappa shape index (κ3) is 5.85. The molecule has 0 fully saturated rings. The lowest BCUT2D eigenvalue weighted by Gasteiger charge is -2.17. The molecule has 1 aromatic carbocycles. The Balaban J connectivity index is 2.46. The van der Waals surface area contributed by atoms with Gasteiger partial charge in [0.25, 0.3) is 0 Å². The van der Waals surface area contributed by atoms with E-state index in [4.69, 9.17) is 9.84 Å². The van der Waals surface area contributed by atoms with Gasteiger partial charge < -0.3 is 15.2 Å². The Hall–Kier alpha value is -1.88. The highest BCUT2D eigenvalue weighted by molar-refractivity contribution is 5.96. The summed E-state index contributed by atoms with van der Waals surface area (Å²) < 4.78 is 5.47. The van der Waals surface area contributed by atoms with Crippen LogP contribution in [0.1, 0.15) is 44.0 Å². The standard InChI is InChI=1S/C17H25NO4/c1-4-11-22-14-7-5-13(6-8-14)15(19)9-10-18-16(12(2)3)17(20)21/h5-8,12,16,18H,4,9-11H2,1-3H3,(H,20,21)/t16-/m0/s1. The first-order valence-corrected chi connectivity index (χ1v) is 7.68. The van der Waals surface area contributed by atoms with E-state index in [0.29, 0.717) is 18.7 Å². The van der Waals surface area contributed by atoms with E-state index in [2.05, 4.69) is 5.32 Å². The van der Waals surface area contributed by atoms with Gasteiger partial charge in [0, 0.05) is 18.5 Å². The lowest BCUT2D eigenvalue weighted by molar-refractivity contribution is -0.140. The first-order valence-electron chi connectivity index (χ1n) is 7.68. The van der Waals surface area contributed by atoms with Crippen molar-refractivity contribution in [2.45, 2.75) is 39.7 Å². The maximum absolute atomic E-state index is 12.1. The van der Waals surface area contributed by atoms with Gasteiger partial charge in [-0.25, -0.2) is 0 Å². The molecule has 5 heteroatoms. The van der Waals surface area contributed by atoms with E-state index >= 15 is 0 Å². The Morgan fingerprint density at radius 1 is 1.23 bits per heavy atom. The Morgan fingerprint density at radius 2 is 1.86 bits per heavy atom. The quantitative estimate of drug-likeness (QED) is 0.650. The molecule has 2 N–H and O–H groups in total. The van der Waals surface area contributed by atoms with Crippen LogP contribution in [0, 0.1) is 5.92 Å². The van der Waals surface area contributed by atoms with Gasteiger partial charge in [0.2, 0.25) is 0 Å². The Labute approximate surface area is 131 Å². The molecule has 0 aliphatic carbocycles. The van der Waals surface area contributed by atoms with Crippen molar-refractivity contribution in [3.05, 3.63) is 29.8 Å². The predicted molar refractivity (Wildman–Crippen MR) is 85.4 cm³/mol. The van der Waals surface area contributed by atoms with Crippen LogP contribution in [0.5, 0.6) is 5.75 Å². The summed E-state index contributed by atoms with van der Waals surface area (Å²) >= 11 is 0. The monoisotopic (exact) mass is 307 g/mol. The molecule has 122 valence electrons. The zero-order valence-electron chi connectivity index (χ0n) is 13.5. The summed E-state index contributed by atoms with van der Waals surface area (Å²) in [7, 11) is 0. The van der Waals surface area contributed by atoms with Gasteiger partial charge in [0.05, 0.1) is 6.61 Å². The van der Waals surface area contributed by atoms with Crippen LogP contribution in [0.2, 0.25) is 0 Å². The van der Waals surface area contributed by atoms with Crippen molar-refractivity contribution in [3.63, 3.8) is 0 Å². The van der Waals surface area contributed by atoms with E-state index in [0.717, 1.165) is 12.2 Å². The third-order valence-corrected chi connectivity index (χ3v) is 3.30. The van der Waals surface area contributed by atoms with Crippen molar-refractivity contribution in [1.82, 2.24) is 5.32 Å². The molecule has 0 unspecified atom stereocenters. The fourth-order valence-corrected chi connectivity index (χ4v) is 2.05. The van der Waals surface area contributed by atoms with Crippen molar-refractivity contribution >= 4 is 11.8 Å². The minimum absolute atomic E-state index is 0.0116. The van der Waals surface area contributed by atoms with Crippen molar-refractivity contribution in [2.75, 3.05) is 13.2 Å². The topological polar surface area (TPSA) is 75.6 Å². The van der Waals surface area contributed by atoms with E-state index < -0.39 is 12.0 Å². The predicted octanol–water partition coefficient (Wildman–Crippen LogP) is 2.75. The molecule has 0 amide bonds. The van der Waals surface area contributed by atoms with Crippen LogP contribution < -0.4 is 10.1 Å². The van der Waals surface area contributed by atoms with Crippen LogP contribution in [0.4, 0.5) is 0 Å². The average Bonchev–Trinajstić information content (AvgIpc) is 2.49. The first kappa shape index (κ1) is 18.2. The number of benzene rings is 1. The molecule has 0 saturated heterocycles. The highest BCUT2D eigenvalue weighted by atomic mass is 16.5. The van der Waals surface area contributed by atoms with Gasteiger partial charge in [-0.2, -0.15) is 0 Å². The SMILES string of the molecule is CCCOc1ccc(C(=O)CCN[C@H](C(=O)O)C(C)C)cc1. The second-order valence-corrected chi connectivity index (χ2v) is 5.56. The number of nitrogens with one attached hydrogen (secondary N) is 1. The summed E-state index contributed by atoms with van der Waals surface area (Å²) in [5.41, 5.74) is 0.613. The number of carboxylic acid groups (broad SMARTS) is 1. The van der Waals surface area contributed by atoms with Crippen molar-refractivity contribution < 1.29 is 19.4 Å². The number of hydrogen-bond donors (Lipinski definition) is 2. The van der Waals surface area contributed by atoms with E-state index in [9.17, 15) is 9.59 Å². The lowest BCUT2D eigenvalue weighted by atomic mass is 10.0. The minimum Gasteiger partial charge on any atom is -0.494 e. The van der Waals surface area contributed by atoms with E-state index in [1.54, 1.807) is 24.3 Å². The molecule has 0 saturated carbocycles. The van der Waals surface area contributed by atoms with Crippen LogP contribution in [0.3, 0.4) is 0 Å². The van der Waals surface area contributed by atoms with Gasteiger partial charge in [0.15, 0.2) is 5.78 Å². The molecule has 22 heavy (non-hydrogen) atoms. The number of aliphatic carboxylic acids is 1. The molecule has 1 aromatic rings. The summed E-state index contributed by atoms with van der Waals surface area (Å²) in [5.74, 6) is -0.174. The summed E-state index contributed by atoms with van der Waals surface area (Å²) in [4.78, 5) is 23.1. The van der Waals surface area contributed by atoms with Crippen molar-refractivity contribution in [3.8, 4) is 5.75 Å². The molecule has 0 radical (unpaired) electrons. The molecule has 0 aromatic heterocycles. The average molecular weight is 307 g/mol.